The molecule has 0 radical (unpaired) electrons. The summed E-state index contributed by atoms with van der Waals surface area (Å²) < 4.78 is 0. The summed E-state index contributed by atoms with van der Waals surface area (Å²) in [5.41, 5.74) is 0.570. The fourth-order valence-electron chi connectivity index (χ4n) is 1.83. The van der Waals surface area contributed by atoms with Crippen molar-refractivity contribution in [1.82, 2.24) is 5.32 Å². The average Bonchev–Trinajstić information content (AvgIpc) is 2.39. The van der Waals surface area contributed by atoms with Crippen LogP contribution in [0.1, 0.15) is 43.5 Å². The Bertz CT molecular complexity index is 459. The quantitative estimate of drug-likeness (QED) is 0.811. The number of carbonyl (C=O) groups is 2. The maximum Gasteiger partial charge on any atom is 0.306 e. The summed E-state index contributed by atoms with van der Waals surface area (Å²) in [6.07, 6.45) is 2.16. The zero-order valence-electron chi connectivity index (χ0n) is 11.7. The van der Waals surface area contributed by atoms with Crippen LogP contribution in [0, 0.1) is 5.92 Å². The first kappa shape index (κ1) is 16.5. The smallest absolute Gasteiger partial charge is 0.306 e. The van der Waals surface area contributed by atoms with Gasteiger partial charge in [0.2, 0.25) is 0 Å². The fraction of sp³-hybridized carbons (Fsp3) is 0.467. The van der Waals surface area contributed by atoms with Gasteiger partial charge in [0.15, 0.2) is 0 Å². The van der Waals surface area contributed by atoms with Gasteiger partial charge in [0.25, 0.3) is 5.91 Å². The maximum atomic E-state index is 11.9. The Morgan fingerprint density at radius 3 is 2.35 bits per heavy atom. The fourth-order valence-corrected chi connectivity index (χ4v) is 1.96. The van der Waals surface area contributed by atoms with Gasteiger partial charge in [0.1, 0.15) is 0 Å². The van der Waals surface area contributed by atoms with Gasteiger partial charge in [-0.3, -0.25) is 9.59 Å². The molecule has 0 aliphatic rings. The highest BCUT2D eigenvalue weighted by Gasteiger charge is 2.13. The molecule has 0 aliphatic heterocycles. The zero-order valence-corrected chi connectivity index (χ0v) is 12.5. The lowest BCUT2D eigenvalue weighted by Gasteiger charge is -2.14. The van der Waals surface area contributed by atoms with Crippen LogP contribution in [0.3, 0.4) is 0 Å². The van der Waals surface area contributed by atoms with Gasteiger partial charge < -0.3 is 10.4 Å². The monoisotopic (exact) mass is 297 g/mol. The number of hydrogen-bond donors (Lipinski definition) is 2. The predicted octanol–water partition coefficient (Wildman–Crippen LogP) is 3.35. The van der Waals surface area contributed by atoms with E-state index in [4.69, 9.17) is 16.7 Å². The molecule has 0 aromatic heterocycles. The number of aliphatic carboxylic acids is 1. The molecule has 0 aliphatic carbocycles. The molecule has 1 rings (SSSR count). The van der Waals surface area contributed by atoms with Crippen molar-refractivity contribution in [3.05, 3.63) is 34.9 Å². The zero-order chi connectivity index (χ0) is 15.1. The molecule has 1 amide bonds. The van der Waals surface area contributed by atoms with Crippen molar-refractivity contribution in [2.45, 2.75) is 39.2 Å². The third kappa shape index (κ3) is 5.61. The van der Waals surface area contributed by atoms with Crippen molar-refractivity contribution < 1.29 is 14.7 Å². The first-order valence-electron chi connectivity index (χ1n) is 6.69. The lowest BCUT2D eigenvalue weighted by Crippen LogP contribution is -2.32. The molecular formula is C15H20ClNO3. The Balaban J connectivity index is 2.35. The summed E-state index contributed by atoms with van der Waals surface area (Å²) in [5.74, 6) is -1.25. The lowest BCUT2D eigenvalue weighted by molar-refractivity contribution is -0.141. The first-order valence-corrected chi connectivity index (χ1v) is 7.07. The van der Waals surface area contributed by atoms with E-state index in [1.165, 1.54) is 0 Å². The molecular weight excluding hydrogens is 278 g/mol. The molecule has 0 spiro atoms. The van der Waals surface area contributed by atoms with Crippen molar-refractivity contribution >= 4 is 23.5 Å². The lowest BCUT2D eigenvalue weighted by atomic mass is 10.0. The van der Waals surface area contributed by atoms with Gasteiger partial charge in [-0.1, -0.05) is 24.9 Å². The van der Waals surface area contributed by atoms with Crippen LogP contribution in [0.2, 0.25) is 5.02 Å². The number of nitrogens with one attached hydrogen (secondary N) is 1. The number of carbonyl (C=O) groups excluding carboxylic acids is 1. The molecule has 20 heavy (non-hydrogen) atoms. The molecule has 1 aromatic carbocycles. The highest BCUT2D eigenvalue weighted by Crippen LogP contribution is 2.12. The standard InChI is InChI=1S/C15H20ClNO3/c1-10(15(19)20)4-3-5-11(2)17-14(18)12-6-8-13(16)9-7-12/h6-11H,3-5H2,1-2H3,(H,17,18)(H,19,20). The van der Waals surface area contributed by atoms with Crippen LogP contribution < -0.4 is 5.32 Å². The largest absolute Gasteiger partial charge is 0.481 e. The van der Waals surface area contributed by atoms with Crippen LogP contribution >= 0.6 is 11.6 Å². The molecule has 5 heteroatoms. The van der Waals surface area contributed by atoms with Crippen molar-refractivity contribution in [2.24, 2.45) is 5.92 Å². The van der Waals surface area contributed by atoms with Gasteiger partial charge in [-0.05, 0) is 44.0 Å². The number of benzene rings is 1. The minimum Gasteiger partial charge on any atom is -0.481 e. The summed E-state index contributed by atoms with van der Waals surface area (Å²) >= 11 is 5.77. The molecule has 0 bridgehead atoms. The van der Waals surface area contributed by atoms with Gasteiger partial charge in [-0.15, -0.1) is 0 Å². The third-order valence-electron chi connectivity index (χ3n) is 3.18. The minimum absolute atomic E-state index is 0.0131. The molecule has 2 N–H and O–H groups in total. The first-order chi connectivity index (χ1) is 9.40. The number of hydrogen-bond acceptors (Lipinski definition) is 2. The number of rotatable bonds is 7. The minimum atomic E-state index is -0.775. The van der Waals surface area contributed by atoms with E-state index >= 15 is 0 Å². The predicted molar refractivity (Wildman–Crippen MR) is 79.0 cm³/mol. The van der Waals surface area contributed by atoms with Gasteiger partial charge >= 0.3 is 5.97 Å². The number of amides is 1. The van der Waals surface area contributed by atoms with Crippen LogP contribution in [-0.2, 0) is 4.79 Å². The van der Waals surface area contributed by atoms with E-state index in [1.807, 2.05) is 6.92 Å². The second kappa shape index (κ2) is 7.90. The highest BCUT2D eigenvalue weighted by atomic mass is 35.5. The normalized spacial score (nSPS) is 13.6. The van der Waals surface area contributed by atoms with Crippen LogP contribution in [0.5, 0.6) is 0 Å². The van der Waals surface area contributed by atoms with Crippen molar-refractivity contribution in [3.8, 4) is 0 Å². The molecule has 2 atom stereocenters. The molecule has 4 nitrogen and oxygen atoms in total. The van der Waals surface area contributed by atoms with E-state index in [2.05, 4.69) is 5.32 Å². The maximum absolute atomic E-state index is 11.9. The Hall–Kier alpha value is -1.55. The van der Waals surface area contributed by atoms with E-state index < -0.39 is 5.97 Å². The molecule has 0 saturated carbocycles. The summed E-state index contributed by atoms with van der Waals surface area (Å²) in [6, 6.07) is 6.72. The van der Waals surface area contributed by atoms with E-state index in [1.54, 1.807) is 31.2 Å². The number of carboxylic acids is 1. The van der Waals surface area contributed by atoms with Crippen molar-refractivity contribution in [3.63, 3.8) is 0 Å². The van der Waals surface area contributed by atoms with Gasteiger partial charge in [0, 0.05) is 16.6 Å². The number of carboxylic acid groups (broad SMARTS) is 1. The van der Waals surface area contributed by atoms with E-state index in [0.717, 1.165) is 12.8 Å². The molecule has 110 valence electrons. The second-order valence-corrected chi connectivity index (χ2v) is 5.49. The van der Waals surface area contributed by atoms with Crippen LogP contribution in [0.4, 0.5) is 0 Å². The molecule has 0 saturated heterocycles. The van der Waals surface area contributed by atoms with Crippen LogP contribution in [-0.4, -0.2) is 23.0 Å². The molecule has 2 unspecified atom stereocenters. The van der Waals surface area contributed by atoms with E-state index in [9.17, 15) is 9.59 Å². The molecule has 0 heterocycles. The van der Waals surface area contributed by atoms with Crippen molar-refractivity contribution in [2.75, 3.05) is 0 Å². The van der Waals surface area contributed by atoms with Crippen molar-refractivity contribution in [1.29, 1.82) is 0 Å². The summed E-state index contributed by atoms with van der Waals surface area (Å²) in [7, 11) is 0. The Kier molecular flexibility index (Phi) is 6.52. The van der Waals surface area contributed by atoms with Crippen LogP contribution in [0.25, 0.3) is 0 Å². The Morgan fingerprint density at radius 2 is 1.80 bits per heavy atom. The Morgan fingerprint density at radius 1 is 1.20 bits per heavy atom. The molecule has 1 aromatic rings. The van der Waals surface area contributed by atoms with Gasteiger partial charge in [-0.25, -0.2) is 0 Å². The molecule has 0 fully saturated rings. The van der Waals surface area contributed by atoms with Crippen LogP contribution in [0.15, 0.2) is 24.3 Å². The SMILES string of the molecule is CC(CCCC(C)C(=O)O)NC(=O)c1ccc(Cl)cc1. The summed E-state index contributed by atoms with van der Waals surface area (Å²) in [4.78, 5) is 22.6. The number of halogens is 1. The highest BCUT2D eigenvalue weighted by molar-refractivity contribution is 6.30. The van der Waals surface area contributed by atoms with E-state index in [0.29, 0.717) is 17.0 Å². The van der Waals surface area contributed by atoms with Gasteiger partial charge in [0.05, 0.1) is 5.92 Å². The Labute approximate surface area is 124 Å². The second-order valence-electron chi connectivity index (χ2n) is 5.05. The third-order valence-corrected chi connectivity index (χ3v) is 3.43. The summed E-state index contributed by atoms with van der Waals surface area (Å²) in [5, 5.41) is 12.3. The van der Waals surface area contributed by atoms with E-state index in [-0.39, 0.29) is 17.9 Å². The topological polar surface area (TPSA) is 66.4 Å². The van der Waals surface area contributed by atoms with Gasteiger partial charge in [-0.2, -0.15) is 0 Å². The summed E-state index contributed by atoms with van der Waals surface area (Å²) in [6.45, 7) is 3.61. The average molecular weight is 298 g/mol.